The minimum absolute atomic E-state index is 0.0285. The van der Waals surface area contributed by atoms with Crippen molar-refractivity contribution in [3.05, 3.63) is 115 Å². The molecule has 56 heavy (non-hydrogen) atoms. The lowest BCUT2D eigenvalue weighted by molar-refractivity contribution is -0.146. The summed E-state index contributed by atoms with van der Waals surface area (Å²) in [4.78, 5) is 36.8. The van der Waals surface area contributed by atoms with Gasteiger partial charge in [-0.2, -0.15) is 13.2 Å². The number of hydrogen-bond acceptors (Lipinski definition) is 9. The van der Waals surface area contributed by atoms with Gasteiger partial charge in [-0.25, -0.2) is 4.98 Å². The van der Waals surface area contributed by atoms with Crippen LogP contribution in [0.4, 0.5) is 13.2 Å². The van der Waals surface area contributed by atoms with E-state index >= 15 is 0 Å². The van der Waals surface area contributed by atoms with Gasteiger partial charge >= 0.3 is 19.3 Å². The molecule has 1 N–H and O–H groups in total. The predicted molar refractivity (Wildman–Crippen MR) is 218 cm³/mol. The Morgan fingerprint density at radius 2 is 1.62 bits per heavy atom. The van der Waals surface area contributed by atoms with Crippen LogP contribution >= 0.6 is 38.9 Å². The molecule has 5 aromatic rings. The van der Waals surface area contributed by atoms with E-state index in [9.17, 15) is 22.8 Å². The molecule has 0 atom stereocenters. The van der Waals surface area contributed by atoms with E-state index in [0.29, 0.717) is 22.6 Å². The number of ether oxygens (including phenoxy) is 1. The van der Waals surface area contributed by atoms with Crippen LogP contribution in [0.25, 0.3) is 11.0 Å². The topological polar surface area (TPSA) is 113 Å². The number of benzene rings is 2. The van der Waals surface area contributed by atoms with Crippen molar-refractivity contribution >= 4 is 74.4 Å². The third-order valence-corrected chi connectivity index (χ3v) is 11.4. The Labute approximate surface area is 343 Å². The van der Waals surface area contributed by atoms with E-state index in [1.54, 1.807) is 6.20 Å². The number of alkyl halides is 4. The highest BCUT2D eigenvalue weighted by atomic mass is 79.9. The summed E-state index contributed by atoms with van der Waals surface area (Å²) in [7, 11) is 0.973. The number of rotatable bonds is 7. The fraction of sp³-hybridized carbons (Fsp3) is 0.375. The second-order valence-electron chi connectivity index (χ2n) is 14.5. The lowest BCUT2D eigenvalue weighted by atomic mass is 9.75. The van der Waals surface area contributed by atoms with E-state index < -0.39 is 24.4 Å². The molecule has 3 aromatic heterocycles. The van der Waals surface area contributed by atoms with Gasteiger partial charge in [0.15, 0.2) is 5.69 Å². The fourth-order valence-electron chi connectivity index (χ4n) is 5.38. The molecule has 1 aliphatic rings. The Morgan fingerprint density at radius 1 is 0.982 bits per heavy atom. The molecule has 1 saturated heterocycles. The normalized spacial score (nSPS) is 14.6. The molecule has 0 aliphatic carbocycles. The highest BCUT2D eigenvalue weighted by molar-refractivity contribution is 9.10. The van der Waals surface area contributed by atoms with Gasteiger partial charge in [0, 0.05) is 28.3 Å². The Kier molecular flexibility index (Phi) is 14.5. The van der Waals surface area contributed by atoms with Crippen LogP contribution in [-0.4, -0.2) is 52.3 Å². The number of methoxy groups -OCH3 is 1. The van der Waals surface area contributed by atoms with Crippen LogP contribution in [0, 0.1) is 13.8 Å². The zero-order valence-electron chi connectivity index (χ0n) is 32.6. The molecule has 2 aromatic carbocycles. The van der Waals surface area contributed by atoms with Crippen LogP contribution in [0.3, 0.4) is 0 Å². The maximum Gasteiger partial charge on any atom is 0.494 e. The number of nitrogens with one attached hydrogen (secondary N) is 1. The SMILES string of the molecule is COC(=O)C(C)(C)c1cccc(B2OC(C)(C)C(C)(C)O2)c1.Cc1nc2cccnc2c(C(=O)NCc2ccc(Br)cc2)c1C.FC(F)(F)c1csc(CCl)n1. The second-order valence-corrected chi connectivity index (χ2v) is 16.6. The summed E-state index contributed by atoms with van der Waals surface area (Å²) in [5, 5.41) is 4.22. The van der Waals surface area contributed by atoms with Crippen LogP contribution in [0.15, 0.2) is 76.7 Å². The molecule has 6 rings (SSSR count). The van der Waals surface area contributed by atoms with Crippen molar-refractivity contribution in [3.63, 3.8) is 0 Å². The molecular weight excluding hydrogens is 832 g/mol. The molecule has 1 fully saturated rings. The van der Waals surface area contributed by atoms with Gasteiger partial charge in [0.25, 0.3) is 5.91 Å². The maximum atomic E-state index is 12.7. The van der Waals surface area contributed by atoms with E-state index in [1.165, 1.54) is 7.11 Å². The average molecular weight is 876 g/mol. The highest BCUT2D eigenvalue weighted by Crippen LogP contribution is 2.37. The molecule has 0 bridgehead atoms. The predicted octanol–water partition coefficient (Wildman–Crippen LogP) is 9.28. The van der Waals surface area contributed by atoms with Crippen molar-refractivity contribution in [3.8, 4) is 0 Å². The molecule has 1 amide bonds. The van der Waals surface area contributed by atoms with Gasteiger partial charge in [0.05, 0.1) is 40.7 Å². The van der Waals surface area contributed by atoms with E-state index in [-0.39, 0.29) is 29.0 Å². The lowest BCUT2D eigenvalue weighted by Crippen LogP contribution is -2.41. The fourth-order valence-corrected chi connectivity index (χ4v) is 6.54. The minimum Gasteiger partial charge on any atom is -0.468 e. The molecule has 16 heteroatoms. The summed E-state index contributed by atoms with van der Waals surface area (Å²) >= 11 is 9.59. The molecule has 0 radical (unpaired) electrons. The van der Waals surface area contributed by atoms with Gasteiger partial charge in [-0.15, -0.1) is 22.9 Å². The van der Waals surface area contributed by atoms with Crippen molar-refractivity contribution in [2.75, 3.05) is 7.11 Å². The number of aryl methyl sites for hydroxylation is 1. The number of fused-ring (bicyclic) bond motifs is 1. The number of aromatic nitrogens is 3. The Bertz CT molecular complexity index is 2150. The van der Waals surface area contributed by atoms with E-state index in [1.807, 2.05) is 116 Å². The van der Waals surface area contributed by atoms with Crippen LogP contribution in [0.2, 0.25) is 0 Å². The number of nitrogens with zero attached hydrogens (tertiary/aromatic N) is 3. The number of carbonyl (C=O) groups is 2. The number of pyridine rings is 2. The molecule has 1 aliphatic heterocycles. The average Bonchev–Trinajstić information content (AvgIpc) is 3.73. The first-order chi connectivity index (χ1) is 26.1. The Balaban J connectivity index is 0.000000198. The maximum absolute atomic E-state index is 12.7. The number of esters is 1. The van der Waals surface area contributed by atoms with Crippen molar-refractivity contribution in [1.82, 2.24) is 20.3 Å². The Hall–Kier alpha value is -3.89. The third-order valence-electron chi connectivity index (χ3n) is 9.61. The highest BCUT2D eigenvalue weighted by Gasteiger charge is 2.52. The third kappa shape index (κ3) is 10.7. The van der Waals surface area contributed by atoms with Crippen LogP contribution < -0.4 is 10.8 Å². The largest absolute Gasteiger partial charge is 0.494 e. The van der Waals surface area contributed by atoms with Gasteiger partial charge in [-0.1, -0.05) is 52.3 Å². The quantitative estimate of drug-likeness (QED) is 0.0979. The van der Waals surface area contributed by atoms with E-state index in [0.717, 1.165) is 54.6 Å². The zero-order chi connectivity index (χ0) is 41.6. The summed E-state index contributed by atoms with van der Waals surface area (Å²) in [5.41, 5.74) is 4.19. The first-order valence-electron chi connectivity index (χ1n) is 17.5. The van der Waals surface area contributed by atoms with Crippen LogP contribution in [0.1, 0.15) is 85.0 Å². The molecule has 0 spiro atoms. The van der Waals surface area contributed by atoms with Gasteiger partial charge in [0.2, 0.25) is 0 Å². The van der Waals surface area contributed by atoms with E-state index in [2.05, 4.69) is 36.2 Å². The number of amides is 1. The summed E-state index contributed by atoms with van der Waals surface area (Å²) in [5.74, 6) is -0.362. The van der Waals surface area contributed by atoms with Gasteiger partial charge in [-0.3, -0.25) is 19.6 Å². The molecular formula is C40H44BBrClF3N4O5S. The summed E-state index contributed by atoms with van der Waals surface area (Å²) < 4.78 is 53.6. The first-order valence-corrected chi connectivity index (χ1v) is 19.7. The van der Waals surface area contributed by atoms with Crippen molar-refractivity contribution in [2.45, 2.75) is 90.6 Å². The molecule has 0 unspecified atom stereocenters. The van der Waals surface area contributed by atoms with Gasteiger partial charge in [0.1, 0.15) is 10.5 Å². The first kappa shape index (κ1) is 44.8. The number of halogens is 5. The standard InChI is InChI=1S/C18H16BrN3O.C17H25BO4.C5H3ClF3NS/c1-11-12(2)22-15-4-3-9-20-17(15)16(11)18(23)21-10-13-5-7-14(19)8-6-13;1-15(2,14(19)20-7)12-9-8-10-13(11-12)18-21-16(3,4)17(5,6)22-18;6-1-4-10-3(2-11-4)5(7,8)9/h3-9H,10H2,1-2H3,(H,21,23);8-11H,1-7H3;2H,1H2. The van der Waals surface area contributed by atoms with Crippen LogP contribution in [0.5, 0.6) is 0 Å². The minimum atomic E-state index is -4.35. The van der Waals surface area contributed by atoms with Gasteiger partial charge in [-0.05, 0) is 102 Å². The monoisotopic (exact) mass is 874 g/mol. The van der Waals surface area contributed by atoms with Crippen molar-refractivity contribution in [2.24, 2.45) is 0 Å². The summed E-state index contributed by atoms with van der Waals surface area (Å²) in [6, 6.07) is 19.3. The van der Waals surface area contributed by atoms with Crippen molar-refractivity contribution in [1.29, 1.82) is 0 Å². The lowest BCUT2D eigenvalue weighted by Gasteiger charge is -2.32. The summed E-state index contributed by atoms with van der Waals surface area (Å²) in [6.45, 7) is 16.1. The molecule has 298 valence electrons. The Morgan fingerprint density at radius 3 is 2.18 bits per heavy atom. The molecule has 4 heterocycles. The smallest absolute Gasteiger partial charge is 0.468 e. The van der Waals surface area contributed by atoms with Crippen LogP contribution in [-0.2, 0) is 42.9 Å². The number of hydrogen-bond donors (Lipinski definition) is 1. The van der Waals surface area contributed by atoms with E-state index in [4.69, 9.17) is 25.6 Å². The molecule has 0 saturated carbocycles. The molecule has 9 nitrogen and oxygen atoms in total. The number of carbonyl (C=O) groups excluding carboxylic acids is 2. The van der Waals surface area contributed by atoms with Gasteiger partial charge < -0.3 is 19.4 Å². The summed E-state index contributed by atoms with van der Waals surface area (Å²) in [6.07, 6.45) is -2.66. The number of thiazole rings is 1. The second kappa shape index (κ2) is 18.1. The zero-order valence-corrected chi connectivity index (χ0v) is 35.8. The van der Waals surface area contributed by atoms with Crippen molar-refractivity contribution < 1.29 is 36.8 Å².